The topological polar surface area (TPSA) is 83.5 Å². The number of nitrogens with zero attached hydrogens (tertiary/aromatic N) is 1. The van der Waals surface area contributed by atoms with Crippen molar-refractivity contribution in [3.63, 3.8) is 0 Å². The Morgan fingerprint density at radius 2 is 1.29 bits per heavy atom. The van der Waals surface area contributed by atoms with Gasteiger partial charge in [-0.15, -0.1) is 0 Å². The lowest BCUT2D eigenvalue weighted by Gasteiger charge is -2.31. The van der Waals surface area contributed by atoms with Gasteiger partial charge < -0.3 is 28.6 Å². The maximum atomic E-state index is 12.9. The maximum Gasteiger partial charge on any atom is 0.336 e. The molecule has 0 saturated heterocycles. The quantitative estimate of drug-likeness (QED) is 0.515. The number of hydrogen-bond acceptors (Lipinski definition) is 8. The van der Waals surface area contributed by atoms with Gasteiger partial charge in [0.1, 0.15) is 5.75 Å². The highest BCUT2D eigenvalue weighted by molar-refractivity contribution is 6.30. The van der Waals surface area contributed by atoms with Crippen LogP contribution < -0.4 is 14.2 Å². The number of esters is 2. The molecule has 0 bridgehead atoms. The van der Waals surface area contributed by atoms with Gasteiger partial charge in [0.25, 0.3) is 0 Å². The third kappa shape index (κ3) is 5.12. The van der Waals surface area contributed by atoms with Crippen LogP contribution >= 0.6 is 11.6 Å². The van der Waals surface area contributed by atoms with Crippen LogP contribution in [0, 0.1) is 0 Å². The second-order valence-corrected chi connectivity index (χ2v) is 7.77. The Morgan fingerprint density at radius 1 is 0.794 bits per heavy atom. The van der Waals surface area contributed by atoms with Crippen molar-refractivity contribution in [2.45, 2.75) is 12.5 Å². The monoisotopic (exact) mass is 487 g/mol. The van der Waals surface area contributed by atoms with E-state index >= 15 is 0 Å². The molecule has 0 atom stereocenters. The molecular formula is C25H26ClNO7. The number of halogens is 1. The van der Waals surface area contributed by atoms with Gasteiger partial charge in [0.2, 0.25) is 0 Å². The van der Waals surface area contributed by atoms with Gasteiger partial charge >= 0.3 is 11.9 Å². The zero-order valence-corrected chi connectivity index (χ0v) is 20.3. The van der Waals surface area contributed by atoms with Gasteiger partial charge in [0.05, 0.1) is 52.6 Å². The molecule has 1 heterocycles. The largest absolute Gasteiger partial charge is 0.496 e. The maximum absolute atomic E-state index is 12.9. The lowest BCUT2D eigenvalue weighted by molar-refractivity contribution is -0.137. The minimum atomic E-state index is -0.837. The first-order valence-electron chi connectivity index (χ1n) is 10.3. The zero-order valence-electron chi connectivity index (χ0n) is 19.6. The first kappa shape index (κ1) is 25.0. The Balaban J connectivity index is 2.18. The molecule has 0 spiro atoms. The van der Waals surface area contributed by atoms with Gasteiger partial charge in [-0.05, 0) is 23.8 Å². The highest BCUT2D eigenvalue weighted by Gasteiger charge is 2.37. The molecule has 0 fully saturated rings. The number of methoxy groups -OCH3 is 5. The van der Waals surface area contributed by atoms with Gasteiger partial charge in [-0.2, -0.15) is 0 Å². The Kier molecular flexibility index (Phi) is 8.07. The molecule has 8 nitrogen and oxygen atoms in total. The summed E-state index contributed by atoms with van der Waals surface area (Å²) in [5.41, 5.74) is 1.89. The van der Waals surface area contributed by atoms with Gasteiger partial charge in [-0.25, -0.2) is 9.59 Å². The zero-order chi connectivity index (χ0) is 24.8. The number of ether oxygens (including phenoxy) is 5. The van der Waals surface area contributed by atoms with Crippen molar-refractivity contribution in [3.05, 3.63) is 76.1 Å². The summed E-state index contributed by atoms with van der Waals surface area (Å²) in [4.78, 5) is 27.6. The molecule has 1 aliphatic heterocycles. The van der Waals surface area contributed by atoms with Crippen LogP contribution in [0.5, 0.6) is 17.2 Å². The van der Waals surface area contributed by atoms with Crippen LogP contribution in [-0.2, 0) is 25.6 Å². The predicted molar refractivity (Wildman–Crippen MR) is 126 cm³/mol. The average molecular weight is 488 g/mol. The van der Waals surface area contributed by atoms with E-state index < -0.39 is 17.9 Å². The molecule has 2 aromatic carbocycles. The average Bonchev–Trinajstić information content (AvgIpc) is 2.87. The van der Waals surface area contributed by atoms with Crippen molar-refractivity contribution in [3.8, 4) is 17.2 Å². The predicted octanol–water partition coefficient (Wildman–Crippen LogP) is 4.08. The Morgan fingerprint density at radius 3 is 1.76 bits per heavy atom. The van der Waals surface area contributed by atoms with Crippen LogP contribution in [0.3, 0.4) is 0 Å². The second-order valence-electron chi connectivity index (χ2n) is 7.33. The van der Waals surface area contributed by atoms with E-state index in [1.54, 1.807) is 41.6 Å². The lowest BCUT2D eigenvalue weighted by Crippen LogP contribution is -2.29. The molecule has 1 aliphatic rings. The molecule has 2 aromatic rings. The minimum Gasteiger partial charge on any atom is -0.496 e. The summed E-state index contributed by atoms with van der Waals surface area (Å²) in [6.45, 7) is 0.383. The third-order valence-corrected chi connectivity index (χ3v) is 5.65. The molecule has 0 aliphatic carbocycles. The number of hydrogen-bond donors (Lipinski definition) is 0. The van der Waals surface area contributed by atoms with Gasteiger partial charge in [0.15, 0.2) is 11.5 Å². The first-order valence-corrected chi connectivity index (χ1v) is 10.6. The fraction of sp³-hybridized carbons (Fsp3) is 0.280. The normalized spacial score (nSPS) is 13.5. The summed E-state index contributed by atoms with van der Waals surface area (Å²) >= 11 is 5.99. The van der Waals surface area contributed by atoms with Crippen LogP contribution in [0.25, 0.3) is 0 Å². The van der Waals surface area contributed by atoms with Crippen molar-refractivity contribution in [2.75, 3.05) is 35.5 Å². The molecule has 34 heavy (non-hydrogen) atoms. The highest BCUT2D eigenvalue weighted by atomic mass is 35.5. The summed E-state index contributed by atoms with van der Waals surface area (Å²) in [7, 11) is 7.06. The van der Waals surface area contributed by atoms with E-state index in [4.69, 9.17) is 35.3 Å². The number of carbonyl (C=O) groups excluding carboxylic acids is 2. The Hall–Kier alpha value is -3.65. The van der Waals surface area contributed by atoms with E-state index in [1.807, 2.05) is 12.1 Å². The minimum absolute atomic E-state index is 0.227. The van der Waals surface area contributed by atoms with Crippen LogP contribution in [0.2, 0.25) is 5.02 Å². The summed E-state index contributed by atoms with van der Waals surface area (Å²) in [5, 5.41) is 0.611. The molecule has 0 amide bonds. The van der Waals surface area contributed by atoms with Crippen molar-refractivity contribution in [1.82, 2.24) is 4.90 Å². The van der Waals surface area contributed by atoms with Crippen molar-refractivity contribution < 1.29 is 33.3 Å². The van der Waals surface area contributed by atoms with Gasteiger partial charge in [-0.3, -0.25) is 0 Å². The molecule has 0 radical (unpaired) electrons. The summed E-state index contributed by atoms with van der Waals surface area (Å²) in [5.74, 6) is -0.782. The fourth-order valence-electron chi connectivity index (χ4n) is 3.79. The molecule has 9 heteroatoms. The molecule has 3 rings (SSSR count). The summed E-state index contributed by atoms with van der Waals surface area (Å²) in [6.07, 6.45) is 3.29. The van der Waals surface area contributed by atoms with Crippen LogP contribution in [0.15, 0.2) is 59.9 Å². The van der Waals surface area contributed by atoms with Crippen molar-refractivity contribution in [2.24, 2.45) is 0 Å². The van der Waals surface area contributed by atoms with Crippen LogP contribution in [0.1, 0.15) is 17.0 Å². The Bertz CT molecular complexity index is 1090. The van der Waals surface area contributed by atoms with Gasteiger partial charge in [-0.1, -0.05) is 23.7 Å². The number of benzene rings is 2. The third-order valence-electron chi connectivity index (χ3n) is 5.40. The van der Waals surface area contributed by atoms with Gasteiger partial charge in [0, 0.05) is 35.6 Å². The molecule has 0 unspecified atom stereocenters. The molecule has 0 saturated carbocycles. The molecule has 0 N–H and O–H groups in total. The standard InChI is InChI=1S/C25H26ClNO7/c1-30-20-11-22(32-3)21(31-2)10-17(20)23-18(24(28)33-4)13-27(14-19(23)25(29)34-5)12-15-6-8-16(26)9-7-15/h6-11,13-14,23H,12H2,1-5H3. The second kappa shape index (κ2) is 11.0. The molecular weight excluding hydrogens is 462 g/mol. The van der Waals surface area contributed by atoms with E-state index in [-0.39, 0.29) is 11.1 Å². The SMILES string of the molecule is COC(=O)C1=CN(Cc2ccc(Cl)cc2)C=C(C(=O)OC)C1c1cc(OC)c(OC)cc1OC. The number of carbonyl (C=O) groups is 2. The molecule has 180 valence electrons. The van der Waals surface area contributed by atoms with Crippen molar-refractivity contribution >= 4 is 23.5 Å². The first-order chi connectivity index (χ1) is 16.4. The summed E-state index contributed by atoms with van der Waals surface area (Å²) in [6, 6.07) is 10.6. The highest BCUT2D eigenvalue weighted by Crippen LogP contribution is 2.45. The van der Waals surface area contributed by atoms with Crippen LogP contribution in [-0.4, -0.2) is 52.4 Å². The van der Waals surface area contributed by atoms with E-state index in [0.717, 1.165) is 5.56 Å². The van der Waals surface area contributed by atoms with E-state index in [1.165, 1.54) is 35.5 Å². The molecule has 0 aromatic heterocycles. The lowest BCUT2D eigenvalue weighted by atomic mass is 9.82. The van der Waals surface area contributed by atoms with Crippen LogP contribution in [0.4, 0.5) is 0 Å². The van der Waals surface area contributed by atoms with E-state index in [9.17, 15) is 9.59 Å². The fourth-order valence-corrected chi connectivity index (χ4v) is 3.92. The van der Waals surface area contributed by atoms with Crippen molar-refractivity contribution in [1.29, 1.82) is 0 Å². The van der Waals surface area contributed by atoms with E-state index in [2.05, 4.69) is 0 Å². The smallest absolute Gasteiger partial charge is 0.336 e. The van der Waals surface area contributed by atoms with E-state index in [0.29, 0.717) is 34.4 Å². The Labute approximate surface area is 203 Å². The summed E-state index contributed by atoms with van der Waals surface area (Å²) < 4.78 is 26.5. The number of rotatable bonds is 8.